The molecule has 0 amide bonds. The number of anilines is 1. The molecule has 1 aromatic heterocycles. The summed E-state index contributed by atoms with van der Waals surface area (Å²) in [6, 6.07) is 0. The highest BCUT2D eigenvalue weighted by molar-refractivity contribution is 7.90. The van der Waals surface area contributed by atoms with E-state index >= 15 is 0 Å². The number of sulfone groups is 1. The quantitative estimate of drug-likeness (QED) is 0.714. The van der Waals surface area contributed by atoms with Gasteiger partial charge in [0.25, 0.3) is 0 Å². The Hall–Kier alpha value is -1.37. The molecule has 1 N–H and O–H groups in total. The van der Waals surface area contributed by atoms with Crippen molar-refractivity contribution in [3.8, 4) is 5.75 Å². The van der Waals surface area contributed by atoms with Gasteiger partial charge in [-0.25, -0.2) is 13.4 Å². The summed E-state index contributed by atoms with van der Waals surface area (Å²) in [5.41, 5.74) is 0. The minimum absolute atomic E-state index is 0.220. The molecule has 0 aliphatic heterocycles. The molecule has 0 radical (unpaired) electrons. The van der Waals surface area contributed by atoms with Gasteiger partial charge in [0, 0.05) is 13.3 Å². The lowest BCUT2D eigenvalue weighted by atomic mass is 10.5. The largest absolute Gasteiger partial charge is 0.491 e. The van der Waals surface area contributed by atoms with Crippen LogP contribution < -0.4 is 10.1 Å². The van der Waals surface area contributed by atoms with Crippen LogP contribution in [0, 0.1) is 0 Å². The van der Waals surface area contributed by atoms with Crippen LogP contribution in [0.2, 0.25) is 0 Å². The van der Waals surface area contributed by atoms with Gasteiger partial charge in [-0.2, -0.15) is 4.98 Å². The molecule has 0 atom stereocenters. The van der Waals surface area contributed by atoms with Crippen LogP contribution in [0.25, 0.3) is 0 Å². The van der Waals surface area contributed by atoms with E-state index in [0.717, 1.165) is 6.26 Å². The molecule has 1 rings (SSSR count). The Kier molecular flexibility index (Phi) is 2.90. The first kappa shape index (κ1) is 10.7. The molecule has 1 heterocycles. The first-order valence-electron chi connectivity index (χ1n) is 3.78. The smallest absolute Gasteiger partial charge is 0.248 e. The number of nitrogens with one attached hydrogen (secondary N) is 1. The summed E-state index contributed by atoms with van der Waals surface area (Å²) < 4.78 is 27.1. The fourth-order valence-electron chi connectivity index (χ4n) is 0.862. The van der Waals surface area contributed by atoms with Crippen molar-refractivity contribution < 1.29 is 13.2 Å². The molecule has 0 unspecified atom stereocenters. The standard InChI is InChI=1S/C7H11N3O3S/c1-8-6-5(13-2)4-9-7(10-6)14(3,11)12/h4H,1-3H3,(H,8,9,10). The highest BCUT2D eigenvalue weighted by atomic mass is 32.2. The van der Waals surface area contributed by atoms with Gasteiger partial charge in [-0.05, 0) is 0 Å². The number of hydrogen-bond acceptors (Lipinski definition) is 6. The Balaban J connectivity index is 3.28. The third-order valence-corrected chi connectivity index (χ3v) is 2.38. The minimum atomic E-state index is -3.38. The lowest BCUT2D eigenvalue weighted by Gasteiger charge is -2.06. The van der Waals surface area contributed by atoms with Crippen molar-refractivity contribution in [3.63, 3.8) is 0 Å². The van der Waals surface area contributed by atoms with Crippen LogP contribution in [-0.2, 0) is 9.84 Å². The molecule has 1 aromatic rings. The molecule has 0 aliphatic rings. The van der Waals surface area contributed by atoms with Gasteiger partial charge in [-0.1, -0.05) is 0 Å². The van der Waals surface area contributed by atoms with Gasteiger partial charge in [0.05, 0.1) is 13.3 Å². The second-order valence-corrected chi connectivity index (χ2v) is 4.50. The summed E-state index contributed by atoms with van der Waals surface area (Å²) in [6.45, 7) is 0. The Morgan fingerprint density at radius 3 is 2.57 bits per heavy atom. The number of methoxy groups -OCH3 is 1. The van der Waals surface area contributed by atoms with Gasteiger partial charge in [0.15, 0.2) is 11.6 Å². The third-order valence-electron chi connectivity index (χ3n) is 1.52. The lowest BCUT2D eigenvalue weighted by Crippen LogP contribution is -2.07. The summed E-state index contributed by atoms with van der Waals surface area (Å²) in [6.07, 6.45) is 2.36. The second-order valence-electron chi connectivity index (χ2n) is 2.59. The SMILES string of the molecule is CNc1nc(S(C)(=O)=O)ncc1OC. The van der Waals surface area contributed by atoms with Crippen LogP contribution >= 0.6 is 0 Å². The highest BCUT2D eigenvalue weighted by Gasteiger charge is 2.14. The average molecular weight is 217 g/mol. The number of hydrogen-bond donors (Lipinski definition) is 1. The van der Waals surface area contributed by atoms with Crippen LogP contribution in [0.4, 0.5) is 5.82 Å². The van der Waals surface area contributed by atoms with E-state index in [1.54, 1.807) is 7.05 Å². The molecule has 0 bridgehead atoms. The summed E-state index contributed by atoms with van der Waals surface area (Å²) >= 11 is 0. The molecule has 14 heavy (non-hydrogen) atoms. The van der Waals surface area contributed by atoms with Crippen molar-refractivity contribution in [2.45, 2.75) is 5.16 Å². The predicted molar refractivity (Wildman–Crippen MR) is 51.2 cm³/mol. The summed E-state index contributed by atoms with van der Waals surface area (Å²) in [4.78, 5) is 7.46. The van der Waals surface area contributed by atoms with Gasteiger partial charge in [-0.3, -0.25) is 0 Å². The van der Waals surface area contributed by atoms with Crippen molar-refractivity contribution in [3.05, 3.63) is 6.20 Å². The van der Waals surface area contributed by atoms with Crippen LogP contribution in [0.15, 0.2) is 11.4 Å². The number of aromatic nitrogens is 2. The van der Waals surface area contributed by atoms with Crippen molar-refractivity contribution in [1.82, 2.24) is 9.97 Å². The molecule has 0 aliphatic carbocycles. The van der Waals surface area contributed by atoms with E-state index in [1.165, 1.54) is 13.3 Å². The number of ether oxygens (including phenoxy) is 1. The zero-order valence-electron chi connectivity index (χ0n) is 8.10. The van der Waals surface area contributed by atoms with E-state index in [4.69, 9.17) is 4.74 Å². The van der Waals surface area contributed by atoms with Crippen molar-refractivity contribution >= 4 is 15.7 Å². The van der Waals surface area contributed by atoms with Crippen molar-refractivity contribution in [2.75, 3.05) is 25.7 Å². The lowest BCUT2D eigenvalue weighted by molar-refractivity contribution is 0.411. The van der Waals surface area contributed by atoms with Crippen LogP contribution in [0.5, 0.6) is 5.75 Å². The second kappa shape index (κ2) is 3.79. The van der Waals surface area contributed by atoms with E-state index in [0.29, 0.717) is 11.6 Å². The van der Waals surface area contributed by atoms with E-state index < -0.39 is 9.84 Å². The molecule has 78 valence electrons. The maximum absolute atomic E-state index is 11.1. The highest BCUT2D eigenvalue weighted by Crippen LogP contribution is 2.20. The Morgan fingerprint density at radius 2 is 2.14 bits per heavy atom. The van der Waals surface area contributed by atoms with Crippen LogP contribution in [0.1, 0.15) is 0 Å². The van der Waals surface area contributed by atoms with E-state index in [9.17, 15) is 8.42 Å². The maximum Gasteiger partial charge on any atom is 0.248 e. The maximum atomic E-state index is 11.1. The average Bonchev–Trinajstić information content (AvgIpc) is 2.15. The first-order chi connectivity index (χ1) is 6.49. The topological polar surface area (TPSA) is 81.2 Å². The van der Waals surface area contributed by atoms with E-state index in [1.807, 2.05) is 0 Å². The molecule has 0 aromatic carbocycles. The Labute approximate surface area is 82.3 Å². The zero-order chi connectivity index (χ0) is 10.8. The fourth-order valence-corrected chi connectivity index (χ4v) is 1.36. The van der Waals surface area contributed by atoms with E-state index in [2.05, 4.69) is 15.3 Å². The molecular weight excluding hydrogens is 206 g/mol. The minimum Gasteiger partial charge on any atom is -0.491 e. The van der Waals surface area contributed by atoms with Gasteiger partial charge < -0.3 is 10.1 Å². The van der Waals surface area contributed by atoms with Gasteiger partial charge in [0.1, 0.15) is 0 Å². The van der Waals surface area contributed by atoms with Gasteiger partial charge >= 0.3 is 0 Å². The molecular formula is C7H11N3O3S. The van der Waals surface area contributed by atoms with Crippen molar-refractivity contribution in [1.29, 1.82) is 0 Å². The molecule has 0 saturated carbocycles. The molecule has 0 saturated heterocycles. The monoisotopic (exact) mass is 217 g/mol. The first-order valence-corrected chi connectivity index (χ1v) is 5.67. The summed E-state index contributed by atoms with van der Waals surface area (Å²) in [7, 11) is -0.298. The number of nitrogens with zero attached hydrogens (tertiary/aromatic N) is 2. The van der Waals surface area contributed by atoms with Crippen LogP contribution in [-0.4, -0.2) is 38.8 Å². The summed E-state index contributed by atoms with van der Waals surface area (Å²) in [5.74, 6) is 0.753. The fraction of sp³-hybridized carbons (Fsp3) is 0.429. The predicted octanol–water partition coefficient (Wildman–Crippen LogP) is -0.0696. The Bertz CT molecular complexity index is 430. The molecule has 0 fully saturated rings. The molecule has 6 nitrogen and oxygen atoms in total. The normalized spacial score (nSPS) is 11.1. The van der Waals surface area contributed by atoms with E-state index in [-0.39, 0.29) is 5.16 Å². The Morgan fingerprint density at radius 1 is 1.50 bits per heavy atom. The molecule has 0 spiro atoms. The van der Waals surface area contributed by atoms with Crippen LogP contribution in [0.3, 0.4) is 0 Å². The number of rotatable bonds is 3. The summed E-state index contributed by atoms with van der Waals surface area (Å²) in [5, 5.41) is 2.50. The molecule has 7 heteroatoms. The van der Waals surface area contributed by atoms with Crippen molar-refractivity contribution in [2.24, 2.45) is 0 Å². The van der Waals surface area contributed by atoms with Gasteiger partial charge in [0.2, 0.25) is 15.0 Å². The third kappa shape index (κ3) is 2.11. The van der Waals surface area contributed by atoms with Gasteiger partial charge in [-0.15, -0.1) is 0 Å². The zero-order valence-corrected chi connectivity index (χ0v) is 8.92.